The molecule has 0 unspecified atom stereocenters. The van der Waals surface area contributed by atoms with E-state index in [4.69, 9.17) is 4.42 Å². The van der Waals surface area contributed by atoms with Crippen LogP contribution in [0.5, 0.6) is 0 Å². The first kappa shape index (κ1) is 49.0. The Balaban J connectivity index is 1.07. The van der Waals surface area contributed by atoms with E-state index in [2.05, 4.69) is 273 Å². The molecule has 5 heteroatoms. The van der Waals surface area contributed by atoms with E-state index < -0.39 is 0 Å². The Labute approximate surface area is 477 Å². The number of allylic oxidation sites excluding steroid dienone is 3. The molecular formula is C76H64BN3O. The van der Waals surface area contributed by atoms with Gasteiger partial charge in [0.25, 0.3) is 0 Å². The topological polar surface area (TPSA) is 22.9 Å². The van der Waals surface area contributed by atoms with Gasteiger partial charge in [0.15, 0.2) is 5.58 Å². The van der Waals surface area contributed by atoms with E-state index in [1.165, 1.54) is 102 Å². The minimum absolute atomic E-state index is 0.222. The SMILES string of the molecule is CCCCc1ccc(N(C2=CCC=C2)c2ccc3c(c2)B2c4c(cc5c(oc6ccccc65)c4N3c3ccc(CCCC)cc3-c3ccccc3)-c3cc4c(cc3N2c2ccc(-c3ccccc3)cc2)C(C)(C)c2ccccc2-4)cc1. The van der Waals surface area contributed by atoms with E-state index in [1.54, 1.807) is 0 Å². The number of rotatable bonds is 13. The molecule has 0 radical (unpaired) electrons. The molecular weight excluding hydrogens is 982 g/mol. The fourth-order valence-corrected chi connectivity index (χ4v) is 13.9. The lowest BCUT2D eigenvalue weighted by Crippen LogP contribution is -2.61. The van der Waals surface area contributed by atoms with Crippen LogP contribution in [-0.2, 0) is 18.3 Å². The third-order valence-electron chi connectivity index (χ3n) is 18.0. The maximum absolute atomic E-state index is 7.39. The highest BCUT2D eigenvalue weighted by Crippen LogP contribution is 2.57. The van der Waals surface area contributed by atoms with Gasteiger partial charge in [-0.25, -0.2) is 0 Å². The lowest BCUT2D eigenvalue weighted by Gasteiger charge is -2.46. The van der Waals surface area contributed by atoms with Crippen molar-refractivity contribution in [1.82, 2.24) is 0 Å². The van der Waals surface area contributed by atoms with Crippen molar-refractivity contribution in [3.8, 4) is 44.5 Å². The molecule has 11 aromatic rings. The van der Waals surface area contributed by atoms with Gasteiger partial charge in [-0.3, -0.25) is 0 Å². The zero-order valence-electron chi connectivity index (χ0n) is 46.7. The molecule has 0 fully saturated rings. The average Bonchev–Trinajstić information content (AvgIpc) is 2.36. The summed E-state index contributed by atoms with van der Waals surface area (Å²) in [5.74, 6) is 0. The second-order valence-corrected chi connectivity index (χ2v) is 23.2. The van der Waals surface area contributed by atoms with Crippen LogP contribution < -0.4 is 25.5 Å². The van der Waals surface area contributed by atoms with Crippen LogP contribution in [0.25, 0.3) is 66.4 Å². The van der Waals surface area contributed by atoms with E-state index in [0.717, 1.165) is 88.2 Å². The molecule has 3 heterocycles. The highest BCUT2D eigenvalue weighted by atomic mass is 16.3. The number of benzene rings is 10. The van der Waals surface area contributed by atoms with Gasteiger partial charge >= 0.3 is 6.85 Å². The Morgan fingerprint density at radius 1 is 0.519 bits per heavy atom. The van der Waals surface area contributed by atoms with Crippen LogP contribution in [0.15, 0.2) is 241 Å². The summed E-state index contributed by atoms with van der Waals surface area (Å²) in [4.78, 5) is 7.77. The van der Waals surface area contributed by atoms with Crippen LogP contribution in [0.1, 0.15) is 82.1 Å². The molecule has 2 aliphatic carbocycles. The molecule has 0 N–H and O–H groups in total. The first-order valence-corrected chi connectivity index (χ1v) is 29.5. The second-order valence-electron chi connectivity index (χ2n) is 23.2. The zero-order chi connectivity index (χ0) is 54.3. The molecule has 0 bridgehead atoms. The number of nitrogens with zero attached hydrogens (tertiary/aromatic N) is 3. The monoisotopic (exact) mass is 1050 g/mol. The lowest BCUT2D eigenvalue weighted by molar-refractivity contribution is 0.660. The number of fused-ring (bicyclic) bond motifs is 11. The van der Waals surface area contributed by atoms with Gasteiger partial charge in [-0.05, 0) is 184 Å². The molecule has 10 aromatic carbocycles. The summed E-state index contributed by atoms with van der Waals surface area (Å²) >= 11 is 0. The van der Waals surface area contributed by atoms with Gasteiger partial charge < -0.3 is 19.0 Å². The molecule has 0 spiro atoms. The van der Waals surface area contributed by atoms with Crippen molar-refractivity contribution >= 4 is 79.5 Å². The van der Waals surface area contributed by atoms with Crippen LogP contribution in [-0.4, -0.2) is 6.85 Å². The first-order chi connectivity index (χ1) is 39.9. The Kier molecular flexibility index (Phi) is 11.9. The van der Waals surface area contributed by atoms with E-state index >= 15 is 0 Å². The highest BCUT2D eigenvalue weighted by molar-refractivity contribution is 6.94. The maximum Gasteiger partial charge on any atom is 0.333 e. The number of aryl methyl sites for hydroxylation is 2. The first-order valence-electron chi connectivity index (χ1n) is 29.5. The molecule has 0 saturated heterocycles. The van der Waals surface area contributed by atoms with Crippen LogP contribution >= 0.6 is 0 Å². The summed E-state index contributed by atoms with van der Waals surface area (Å²) in [6, 6.07) is 80.4. The summed E-state index contributed by atoms with van der Waals surface area (Å²) in [5.41, 5.74) is 28.4. The van der Waals surface area contributed by atoms with Crippen molar-refractivity contribution in [1.29, 1.82) is 0 Å². The number of hydrogen-bond acceptors (Lipinski definition) is 4. The van der Waals surface area contributed by atoms with Gasteiger partial charge in [-0.2, -0.15) is 0 Å². The fraction of sp³-hybridized carbons (Fsp3) is 0.158. The van der Waals surface area contributed by atoms with Crippen molar-refractivity contribution in [3.63, 3.8) is 0 Å². The van der Waals surface area contributed by atoms with Crippen molar-refractivity contribution in [2.45, 2.75) is 78.1 Å². The molecule has 1 aromatic heterocycles. The highest BCUT2D eigenvalue weighted by Gasteiger charge is 2.49. The van der Waals surface area contributed by atoms with Gasteiger partial charge in [-0.15, -0.1) is 0 Å². The minimum Gasteiger partial charge on any atom is -0.454 e. The fourth-order valence-electron chi connectivity index (χ4n) is 13.9. The number of furan rings is 1. The van der Waals surface area contributed by atoms with Crippen LogP contribution in [0.4, 0.5) is 39.8 Å². The van der Waals surface area contributed by atoms with E-state index in [1.807, 2.05) is 0 Å². The van der Waals surface area contributed by atoms with Gasteiger partial charge in [0.1, 0.15) is 5.58 Å². The summed E-state index contributed by atoms with van der Waals surface area (Å²) in [6.07, 6.45) is 14.6. The maximum atomic E-state index is 7.39. The predicted molar refractivity (Wildman–Crippen MR) is 344 cm³/mol. The number of hydrogen-bond donors (Lipinski definition) is 0. The zero-order valence-corrected chi connectivity index (χ0v) is 46.7. The third kappa shape index (κ3) is 7.95. The van der Waals surface area contributed by atoms with Crippen molar-refractivity contribution in [2.75, 3.05) is 14.6 Å². The Bertz CT molecular complexity index is 4320. The average molecular weight is 1050 g/mol. The van der Waals surface area contributed by atoms with Crippen LogP contribution in [0.3, 0.4) is 0 Å². The van der Waals surface area contributed by atoms with Gasteiger partial charge in [0, 0.05) is 61.4 Å². The molecule has 4 nitrogen and oxygen atoms in total. The number of anilines is 7. The summed E-state index contributed by atoms with van der Waals surface area (Å²) in [7, 11) is 0. The third-order valence-corrected chi connectivity index (χ3v) is 18.0. The van der Waals surface area contributed by atoms with E-state index in [0.29, 0.717) is 0 Å². The van der Waals surface area contributed by atoms with Gasteiger partial charge in [0.2, 0.25) is 0 Å². The molecule has 15 rings (SSSR count). The molecule has 0 saturated carbocycles. The minimum atomic E-state index is -0.283. The second kappa shape index (κ2) is 19.6. The molecule has 392 valence electrons. The predicted octanol–water partition coefficient (Wildman–Crippen LogP) is 19.6. The molecule has 2 aliphatic heterocycles. The molecule has 0 atom stereocenters. The molecule has 0 amide bonds. The molecule has 4 aliphatic rings. The molecule has 81 heavy (non-hydrogen) atoms. The Morgan fingerprint density at radius 2 is 1.20 bits per heavy atom. The van der Waals surface area contributed by atoms with Crippen LogP contribution in [0.2, 0.25) is 0 Å². The van der Waals surface area contributed by atoms with Gasteiger partial charge in [0.05, 0.1) is 11.4 Å². The summed E-state index contributed by atoms with van der Waals surface area (Å²) in [5, 5.41) is 2.23. The van der Waals surface area contributed by atoms with Crippen molar-refractivity contribution in [3.05, 3.63) is 259 Å². The van der Waals surface area contributed by atoms with Crippen molar-refractivity contribution < 1.29 is 4.42 Å². The van der Waals surface area contributed by atoms with Gasteiger partial charge in [-0.1, -0.05) is 186 Å². The number of para-hydroxylation sites is 1. The largest absolute Gasteiger partial charge is 0.454 e. The lowest BCUT2D eigenvalue weighted by atomic mass is 9.43. The normalized spacial score (nSPS) is 14.2. The van der Waals surface area contributed by atoms with Crippen molar-refractivity contribution in [2.24, 2.45) is 0 Å². The Hall–Kier alpha value is -9.06. The quantitative estimate of drug-likeness (QED) is 0.107. The number of unbranched alkanes of at least 4 members (excludes halogenated alkanes) is 2. The van der Waals surface area contributed by atoms with Crippen LogP contribution in [0, 0.1) is 0 Å². The Morgan fingerprint density at radius 3 is 1.96 bits per heavy atom. The smallest absolute Gasteiger partial charge is 0.333 e. The van der Waals surface area contributed by atoms with E-state index in [9.17, 15) is 0 Å². The van der Waals surface area contributed by atoms with E-state index in [-0.39, 0.29) is 12.3 Å². The standard InChI is InChI=1S/C76H64BN3O/c1-5-7-21-50-33-38-56(39-34-50)78(55-27-15-16-28-55)58-42-44-70-68(46-58)77-73-64(48-65-60-30-18-20-32-72(60)81-75(65)74(73)79(70)69-43-35-51(22-8-6-2)45-61(69)54-25-13-10-14-26-54)63-47-62-59-29-17-19-31-66(59)76(3,4)67(62)49-71(63)80(77)57-40-36-53(37-41-57)52-23-11-9-12-24-52/h9-15,17-20,23-49H,5-8,16,21-22H2,1-4H3. The summed E-state index contributed by atoms with van der Waals surface area (Å²) < 4.78 is 7.39. The summed E-state index contributed by atoms with van der Waals surface area (Å²) in [6.45, 7) is 9.10.